The lowest BCUT2D eigenvalue weighted by Gasteiger charge is -2.25. The van der Waals surface area contributed by atoms with Gasteiger partial charge < -0.3 is 34.9 Å². The first-order chi connectivity index (χ1) is 10.1. The Bertz CT molecular complexity index is 370. The second-order valence-corrected chi connectivity index (χ2v) is 5.89. The Morgan fingerprint density at radius 1 is 1.09 bits per heavy atom. The van der Waals surface area contributed by atoms with Gasteiger partial charge in [-0.05, 0) is 6.42 Å². The van der Waals surface area contributed by atoms with Gasteiger partial charge in [0.25, 0.3) is 0 Å². The van der Waals surface area contributed by atoms with Crippen molar-refractivity contribution in [2.45, 2.75) is 50.6 Å². The topological polar surface area (TPSA) is 174 Å². The van der Waals surface area contributed by atoms with Gasteiger partial charge in [-0.2, -0.15) is 0 Å². The molecule has 0 spiro atoms. The fourth-order valence-corrected chi connectivity index (χ4v) is 1.78. The predicted molar refractivity (Wildman–Crippen MR) is 72.5 cm³/mol. The fraction of sp³-hybridized carbons (Fsp3) is 0.909. The maximum Gasteiger partial charge on any atom is 0.469 e. The molecule has 0 rings (SSSR count). The molecule has 0 saturated heterocycles. The number of hydrogen-bond acceptors (Lipinski definition) is 8. The van der Waals surface area contributed by atoms with Crippen LogP contribution in [-0.2, 0) is 18.6 Å². The van der Waals surface area contributed by atoms with E-state index in [0.29, 0.717) is 6.42 Å². The molecule has 0 fully saturated rings. The van der Waals surface area contributed by atoms with Crippen molar-refractivity contribution in [1.82, 2.24) is 0 Å². The lowest BCUT2D eigenvalue weighted by atomic mass is 10.0. The van der Waals surface area contributed by atoms with Gasteiger partial charge in [0.05, 0.1) is 13.2 Å². The molecule has 0 amide bonds. The van der Waals surface area contributed by atoms with Crippen molar-refractivity contribution in [3.05, 3.63) is 0 Å². The summed E-state index contributed by atoms with van der Waals surface area (Å²) in [5.74, 6) is -1.18. The Morgan fingerprint density at radius 2 is 1.68 bits per heavy atom. The highest BCUT2D eigenvalue weighted by atomic mass is 31.2. The highest BCUT2D eigenvalue weighted by Crippen LogP contribution is 2.35. The number of rotatable bonds is 11. The van der Waals surface area contributed by atoms with E-state index in [1.165, 1.54) is 0 Å². The summed E-state index contributed by atoms with van der Waals surface area (Å²) in [6.07, 6.45) is -5.92. The molecule has 132 valence electrons. The van der Waals surface area contributed by atoms with Crippen molar-refractivity contribution in [2.75, 3.05) is 13.2 Å². The molecular formula is C11H23O10P. The highest BCUT2D eigenvalue weighted by molar-refractivity contribution is 7.46. The zero-order valence-corrected chi connectivity index (χ0v) is 13.0. The Kier molecular flexibility index (Phi) is 9.97. The lowest BCUT2D eigenvalue weighted by Crippen LogP contribution is -2.49. The van der Waals surface area contributed by atoms with Crippen LogP contribution >= 0.6 is 7.82 Å². The molecule has 0 aliphatic rings. The molecule has 0 aliphatic carbocycles. The monoisotopic (exact) mass is 346 g/mol. The number of ether oxygens (including phenoxy) is 1. The van der Waals surface area contributed by atoms with Crippen LogP contribution < -0.4 is 0 Å². The van der Waals surface area contributed by atoms with Crippen LogP contribution in [0.1, 0.15) is 26.2 Å². The molecule has 0 saturated carbocycles. The largest absolute Gasteiger partial charge is 0.469 e. The summed E-state index contributed by atoms with van der Waals surface area (Å²) in [7, 11) is -4.86. The maximum absolute atomic E-state index is 11.4. The first-order valence-electron chi connectivity index (χ1n) is 6.69. The number of phosphoric ester groups is 1. The fourth-order valence-electron chi connectivity index (χ4n) is 1.44. The van der Waals surface area contributed by atoms with Crippen LogP contribution in [-0.4, -0.2) is 73.8 Å². The third-order valence-electron chi connectivity index (χ3n) is 2.71. The van der Waals surface area contributed by atoms with Gasteiger partial charge in [0.2, 0.25) is 0 Å². The van der Waals surface area contributed by atoms with Crippen LogP contribution in [0.2, 0.25) is 0 Å². The Morgan fingerprint density at radius 3 is 2.18 bits per heavy atom. The summed E-state index contributed by atoms with van der Waals surface area (Å²) in [5.41, 5.74) is 0. The molecule has 0 heterocycles. The molecule has 0 aromatic heterocycles. The second-order valence-electron chi connectivity index (χ2n) is 4.65. The number of esters is 1. The van der Waals surface area contributed by atoms with Gasteiger partial charge >= 0.3 is 13.8 Å². The van der Waals surface area contributed by atoms with E-state index in [0.717, 1.165) is 12.8 Å². The van der Waals surface area contributed by atoms with Gasteiger partial charge in [-0.1, -0.05) is 19.8 Å². The van der Waals surface area contributed by atoms with Crippen LogP contribution in [0.5, 0.6) is 0 Å². The van der Waals surface area contributed by atoms with Gasteiger partial charge in [0, 0.05) is 0 Å². The molecule has 0 bridgehead atoms. The quantitative estimate of drug-likeness (QED) is 0.143. The van der Waals surface area contributed by atoms with Crippen molar-refractivity contribution >= 4 is 13.8 Å². The van der Waals surface area contributed by atoms with Gasteiger partial charge in [0.1, 0.15) is 18.3 Å². The Labute approximate surface area is 127 Å². The van der Waals surface area contributed by atoms with E-state index in [9.17, 15) is 29.8 Å². The van der Waals surface area contributed by atoms with Crippen molar-refractivity contribution in [2.24, 2.45) is 0 Å². The van der Waals surface area contributed by atoms with Gasteiger partial charge in [-0.15, -0.1) is 0 Å². The van der Waals surface area contributed by atoms with Crippen LogP contribution in [0.25, 0.3) is 0 Å². The number of aliphatic hydroxyl groups is 4. The van der Waals surface area contributed by atoms with Crippen molar-refractivity contribution in [1.29, 1.82) is 0 Å². The summed E-state index contributed by atoms with van der Waals surface area (Å²) in [6.45, 7) is 0.981. The number of aliphatic hydroxyl groups excluding tert-OH is 4. The Balaban J connectivity index is 4.31. The molecule has 4 unspecified atom stereocenters. The summed E-state index contributed by atoms with van der Waals surface area (Å²) < 4.78 is 19.1. The van der Waals surface area contributed by atoms with E-state index in [4.69, 9.17) is 9.79 Å². The third kappa shape index (κ3) is 8.76. The second kappa shape index (κ2) is 10.2. The number of hydrogen-bond donors (Lipinski definition) is 6. The first kappa shape index (κ1) is 21.4. The minimum absolute atomic E-state index is 0.0381. The van der Waals surface area contributed by atoms with Crippen LogP contribution in [0.15, 0.2) is 0 Å². The minimum atomic E-state index is -4.86. The number of carbonyl (C=O) groups excluding carboxylic acids is 1. The van der Waals surface area contributed by atoms with Crippen LogP contribution in [0, 0.1) is 0 Å². The van der Waals surface area contributed by atoms with Crippen LogP contribution in [0.3, 0.4) is 0 Å². The first-order valence-corrected chi connectivity index (χ1v) is 8.22. The van der Waals surface area contributed by atoms with E-state index < -0.39 is 44.8 Å². The number of unbranched alkanes of at least 4 members (excludes halogenated alkanes) is 2. The number of carbonyl (C=O) groups is 1. The van der Waals surface area contributed by atoms with E-state index in [1.54, 1.807) is 0 Å². The summed E-state index contributed by atoms with van der Waals surface area (Å²) in [5, 5.41) is 37.9. The lowest BCUT2D eigenvalue weighted by molar-refractivity contribution is -0.170. The molecule has 0 aliphatic heterocycles. The smallest absolute Gasteiger partial charge is 0.464 e. The molecule has 0 aromatic rings. The summed E-state index contributed by atoms with van der Waals surface area (Å²) in [6, 6.07) is 0. The van der Waals surface area contributed by atoms with Gasteiger partial charge in [-0.25, -0.2) is 9.36 Å². The maximum atomic E-state index is 11.4. The van der Waals surface area contributed by atoms with Crippen molar-refractivity contribution in [3.8, 4) is 0 Å². The number of phosphoric acid groups is 1. The molecule has 22 heavy (non-hydrogen) atoms. The van der Waals surface area contributed by atoms with Crippen LogP contribution in [0.4, 0.5) is 0 Å². The zero-order chi connectivity index (χ0) is 17.3. The average Bonchev–Trinajstić information content (AvgIpc) is 2.45. The SMILES string of the molecule is CCCCCOC(=O)C(O)C(O)C(O)C(O)COP(=O)(O)O. The summed E-state index contributed by atoms with van der Waals surface area (Å²) in [4.78, 5) is 28.3. The average molecular weight is 346 g/mol. The van der Waals surface area contributed by atoms with Gasteiger partial charge in [-0.3, -0.25) is 4.52 Å². The third-order valence-corrected chi connectivity index (χ3v) is 3.20. The molecular weight excluding hydrogens is 323 g/mol. The molecule has 4 atom stereocenters. The molecule has 11 heteroatoms. The van der Waals surface area contributed by atoms with Gasteiger partial charge in [0.15, 0.2) is 6.10 Å². The van der Waals surface area contributed by atoms with Crippen molar-refractivity contribution < 1.29 is 48.8 Å². The molecule has 6 N–H and O–H groups in total. The van der Waals surface area contributed by atoms with E-state index >= 15 is 0 Å². The van der Waals surface area contributed by atoms with Crippen molar-refractivity contribution in [3.63, 3.8) is 0 Å². The highest BCUT2D eigenvalue weighted by Gasteiger charge is 2.36. The molecule has 0 aromatic carbocycles. The zero-order valence-electron chi connectivity index (χ0n) is 12.1. The van der Waals surface area contributed by atoms with E-state index in [1.807, 2.05) is 6.92 Å². The predicted octanol–water partition coefficient (Wildman–Crippen LogP) is -1.73. The Hall–Kier alpha value is -0.580. The van der Waals surface area contributed by atoms with E-state index in [2.05, 4.69) is 9.26 Å². The van der Waals surface area contributed by atoms with E-state index in [-0.39, 0.29) is 6.61 Å². The summed E-state index contributed by atoms with van der Waals surface area (Å²) >= 11 is 0. The minimum Gasteiger partial charge on any atom is -0.464 e. The standard InChI is InChI=1S/C11H23O10P/c1-2-3-4-5-20-11(16)10(15)9(14)8(13)7(12)6-21-22(17,18)19/h7-10,12-15H,2-6H2,1H3,(H2,17,18,19). The molecule has 0 radical (unpaired) electrons. The molecule has 10 nitrogen and oxygen atoms in total. The normalized spacial score (nSPS) is 17.6.